The van der Waals surface area contributed by atoms with Crippen molar-refractivity contribution in [3.63, 3.8) is 0 Å². The van der Waals surface area contributed by atoms with E-state index in [0.29, 0.717) is 39.7 Å². The molecule has 0 unspecified atom stereocenters. The second-order valence-corrected chi connectivity index (χ2v) is 8.33. The van der Waals surface area contributed by atoms with E-state index in [0.717, 1.165) is 16.7 Å². The Morgan fingerprint density at radius 2 is 1.94 bits per heavy atom. The molecule has 2 heterocycles. The molecule has 4 aromatic rings. The van der Waals surface area contributed by atoms with E-state index in [1.54, 1.807) is 6.07 Å². The van der Waals surface area contributed by atoms with Gasteiger partial charge in [0.1, 0.15) is 11.4 Å². The molecule has 0 fully saturated rings. The number of hydrogen-bond acceptors (Lipinski definition) is 7. The van der Waals surface area contributed by atoms with Crippen LogP contribution >= 0.6 is 11.3 Å². The summed E-state index contributed by atoms with van der Waals surface area (Å²) in [6.07, 6.45) is -4.78. The van der Waals surface area contributed by atoms with Crippen LogP contribution in [0.2, 0.25) is 0 Å². The zero-order valence-electron chi connectivity index (χ0n) is 17.2. The number of anilines is 1. The Balaban J connectivity index is 1.63. The normalized spacial score (nSPS) is 12.1. The van der Waals surface area contributed by atoms with Gasteiger partial charge in [-0.05, 0) is 38.4 Å². The van der Waals surface area contributed by atoms with E-state index >= 15 is 0 Å². The Bertz CT molecular complexity index is 1250. The summed E-state index contributed by atoms with van der Waals surface area (Å²) >= 11 is 1.13. The van der Waals surface area contributed by atoms with E-state index in [-0.39, 0.29) is 18.1 Å². The molecule has 0 saturated carbocycles. The van der Waals surface area contributed by atoms with E-state index in [4.69, 9.17) is 4.52 Å². The van der Waals surface area contributed by atoms with E-state index < -0.39 is 6.36 Å². The van der Waals surface area contributed by atoms with Crippen LogP contribution in [0, 0.1) is 0 Å². The molecular weight excluding hydrogens is 445 g/mol. The first-order valence-electron chi connectivity index (χ1n) is 9.64. The van der Waals surface area contributed by atoms with Gasteiger partial charge >= 0.3 is 6.36 Å². The largest absolute Gasteiger partial charge is 0.573 e. The van der Waals surface area contributed by atoms with Gasteiger partial charge in [-0.2, -0.15) is 0 Å². The number of para-hydroxylation sites is 1. The molecule has 7 nitrogen and oxygen atoms in total. The number of benzene rings is 2. The fraction of sp³-hybridized carbons (Fsp3) is 0.286. The Morgan fingerprint density at radius 1 is 1.16 bits per heavy atom. The molecule has 0 saturated heterocycles. The number of nitrogens with zero attached hydrogens (tertiary/aromatic N) is 4. The topological polar surface area (TPSA) is 71.7 Å². The summed E-state index contributed by atoms with van der Waals surface area (Å²) in [6.45, 7) is 0.928. The van der Waals surface area contributed by atoms with Crippen LogP contribution in [0.1, 0.15) is 5.69 Å². The number of amides is 1. The lowest BCUT2D eigenvalue weighted by atomic mass is 10.1. The first-order valence-corrected chi connectivity index (χ1v) is 10.5. The molecular formula is C21H19F3N4O3S. The maximum absolute atomic E-state index is 13.2. The molecule has 4 rings (SSSR count). The molecule has 0 aliphatic heterocycles. The van der Waals surface area contributed by atoms with Crippen LogP contribution in [0.15, 0.2) is 47.0 Å². The minimum absolute atomic E-state index is 0.00278. The Hall–Kier alpha value is -3.18. The minimum Gasteiger partial charge on any atom is -0.406 e. The van der Waals surface area contributed by atoms with Crippen molar-refractivity contribution in [3.8, 4) is 5.75 Å². The van der Waals surface area contributed by atoms with Crippen LogP contribution in [0.4, 0.5) is 18.3 Å². The van der Waals surface area contributed by atoms with Crippen LogP contribution in [0.25, 0.3) is 21.2 Å². The van der Waals surface area contributed by atoms with Crippen molar-refractivity contribution < 1.29 is 27.2 Å². The lowest BCUT2D eigenvalue weighted by Gasteiger charge is -2.21. The second-order valence-electron chi connectivity index (χ2n) is 7.32. The zero-order valence-corrected chi connectivity index (χ0v) is 18.0. The third kappa shape index (κ3) is 5.00. The summed E-state index contributed by atoms with van der Waals surface area (Å²) in [5.41, 5.74) is 1.59. The molecule has 0 spiro atoms. The predicted octanol–water partition coefficient (Wildman–Crippen LogP) is 4.47. The van der Waals surface area contributed by atoms with Crippen LogP contribution < -0.4 is 9.64 Å². The quantitative estimate of drug-likeness (QED) is 0.402. The number of rotatable bonds is 7. The molecule has 0 bridgehead atoms. The van der Waals surface area contributed by atoms with Crippen LogP contribution in [-0.2, 0) is 11.2 Å². The molecule has 0 aliphatic carbocycles. The Morgan fingerprint density at radius 3 is 2.69 bits per heavy atom. The van der Waals surface area contributed by atoms with Gasteiger partial charge in [-0.25, -0.2) is 4.98 Å². The van der Waals surface area contributed by atoms with Gasteiger partial charge in [-0.1, -0.05) is 28.6 Å². The van der Waals surface area contributed by atoms with Crippen molar-refractivity contribution in [2.45, 2.75) is 12.8 Å². The average Bonchev–Trinajstić information content (AvgIpc) is 3.31. The van der Waals surface area contributed by atoms with Crippen molar-refractivity contribution in [2.75, 3.05) is 32.1 Å². The number of alkyl halides is 3. The summed E-state index contributed by atoms with van der Waals surface area (Å²) in [5, 5.41) is 5.17. The highest BCUT2D eigenvalue weighted by atomic mass is 32.1. The van der Waals surface area contributed by atoms with Gasteiger partial charge in [0.2, 0.25) is 5.91 Å². The fourth-order valence-electron chi connectivity index (χ4n) is 3.14. The van der Waals surface area contributed by atoms with E-state index in [9.17, 15) is 18.0 Å². The van der Waals surface area contributed by atoms with Crippen molar-refractivity contribution in [1.82, 2.24) is 15.0 Å². The molecule has 0 aliphatic rings. The second kappa shape index (κ2) is 8.75. The summed E-state index contributed by atoms with van der Waals surface area (Å²) in [7, 11) is 3.76. The average molecular weight is 464 g/mol. The van der Waals surface area contributed by atoms with Gasteiger partial charge in [0.15, 0.2) is 10.7 Å². The first-order chi connectivity index (χ1) is 15.2. The van der Waals surface area contributed by atoms with Crippen molar-refractivity contribution in [2.24, 2.45) is 0 Å². The molecule has 0 atom stereocenters. The Kier molecular flexibility index (Phi) is 6.02. The van der Waals surface area contributed by atoms with Crippen LogP contribution in [0.5, 0.6) is 5.75 Å². The number of likely N-dealkylation sites (N-methyl/N-ethyl adjacent to an activating group) is 1. The van der Waals surface area contributed by atoms with Crippen molar-refractivity contribution in [1.29, 1.82) is 0 Å². The number of aromatic nitrogens is 2. The smallest absolute Gasteiger partial charge is 0.406 e. The van der Waals surface area contributed by atoms with Gasteiger partial charge in [-0.15, -0.1) is 13.2 Å². The molecule has 32 heavy (non-hydrogen) atoms. The third-order valence-corrected chi connectivity index (χ3v) is 5.70. The summed E-state index contributed by atoms with van der Waals surface area (Å²) in [6, 6.07) is 11.2. The minimum atomic E-state index is -4.78. The highest BCUT2D eigenvalue weighted by Gasteiger charge is 2.31. The molecule has 11 heteroatoms. The van der Waals surface area contributed by atoms with Gasteiger partial charge < -0.3 is 14.2 Å². The molecule has 0 radical (unpaired) electrons. The van der Waals surface area contributed by atoms with Crippen LogP contribution in [-0.4, -0.2) is 54.5 Å². The van der Waals surface area contributed by atoms with Crippen molar-refractivity contribution in [3.05, 3.63) is 48.2 Å². The SMILES string of the molecule is CN(C)CCN(C(=O)Cc1noc2ccccc12)c1nc2ccc(OC(F)(F)F)cc2s1. The number of carbonyl (C=O) groups excluding carboxylic acids is 1. The number of carbonyl (C=O) groups is 1. The molecule has 1 amide bonds. The van der Waals surface area contributed by atoms with E-state index in [1.807, 2.05) is 37.2 Å². The van der Waals surface area contributed by atoms with E-state index in [1.165, 1.54) is 23.1 Å². The molecule has 2 aromatic heterocycles. The standard InChI is InChI=1S/C21H19F3N4O3S/c1-27(2)9-10-28(19(29)12-16-14-5-3-4-6-17(14)31-26-16)20-25-15-8-7-13(11-18(15)32-20)30-21(22,23)24/h3-8,11H,9-10,12H2,1-2H3. The number of thiazole rings is 1. The lowest BCUT2D eigenvalue weighted by Crippen LogP contribution is -2.37. The van der Waals surface area contributed by atoms with Gasteiger partial charge in [0.05, 0.1) is 16.6 Å². The van der Waals surface area contributed by atoms with Gasteiger partial charge in [0.25, 0.3) is 0 Å². The van der Waals surface area contributed by atoms with Gasteiger partial charge in [-0.3, -0.25) is 9.69 Å². The number of ether oxygens (including phenoxy) is 1. The maximum atomic E-state index is 13.2. The lowest BCUT2D eigenvalue weighted by molar-refractivity contribution is -0.274. The number of halogens is 3. The van der Waals surface area contributed by atoms with Crippen molar-refractivity contribution >= 4 is 43.6 Å². The monoisotopic (exact) mass is 464 g/mol. The molecule has 168 valence electrons. The Labute approximate surface area is 185 Å². The molecule has 2 aromatic carbocycles. The number of hydrogen-bond donors (Lipinski definition) is 0. The summed E-state index contributed by atoms with van der Waals surface area (Å²) < 4.78 is 47.4. The third-order valence-electron chi connectivity index (χ3n) is 4.66. The summed E-state index contributed by atoms with van der Waals surface area (Å²) in [4.78, 5) is 21.1. The van der Waals surface area contributed by atoms with Gasteiger partial charge in [0, 0.05) is 24.5 Å². The first kappa shape index (κ1) is 22.0. The van der Waals surface area contributed by atoms with E-state index in [2.05, 4.69) is 14.9 Å². The zero-order chi connectivity index (χ0) is 22.9. The highest BCUT2D eigenvalue weighted by Crippen LogP contribution is 2.33. The summed E-state index contributed by atoms with van der Waals surface area (Å²) in [5.74, 6) is -0.572. The predicted molar refractivity (Wildman–Crippen MR) is 115 cm³/mol. The fourth-order valence-corrected chi connectivity index (χ4v) is 4.17. The number of fused-ring (bicyclic) bond motifs is 2. The molecule has 0 N–H and O–H groups in total. The highest BCUT2D eigenvalue weighted by molar-refractivity contribution is 7.22. The van der Waals surface area contributed by atoms with Crippen LogP contribution in [0.3, 0.4) is 0 Å². The maximum Gasteiger partial charge on any atom is 0.573 e.